The number of carbonyl (C=O) groups excluding carboxylic acids is 2. The zero-order chi connectivity index (χ0) is 15.7. The van der Waals surface area contributed by atoms with Crippen LogP contribution in [0, 0.1) is 16.9 Å². The van der Waals surface area contributed by atoms with Crippen LogP contribution in [0.5, 0.6) is 0 Å². The molecule has 0 fully saturated rings. The molecule has 0 spiro atoms. The number of aryl methyl sites for hydroxylation is 1. The van der Waals surface area contributed by atoms with Crippen LogP contribution in [0.15, 0.2) is 24.3 Å². The van der Waals surface area contributed by atoms with Crippen molar-refractivity contribution in [3.63, 3.8) is 0 Å². The van der Waals surface area contributed by atoms with Crippen LogP contribution in [0.25, 0.3) is 0 Å². The average molecular weight is 300 g/mol. The van der Waals surface area contributed by atoms with Gasteiger partial charge in [-0.15, -0.1) is 5.54 Å². The number of fused-ring (bicyclic) bond motifs is 1. The Morgan fingerprint density at radius 3 is 2.57 bits per heavy atom. The van der Waals surface area contributed by atoms with Gasteiger partial charge in [-0.1, -0.05) is 49.8 Å². The van der Waals surface area contributed by atoms with E-state index < -0.39 is 19.5 Å². The van der Waals surface area contributed by atoms with E-state index in [9.17, 15) is 9.59 Å². The van der Waals surface area contributed by atoms with E-state index in [2.05, 4.69) is 31.1 Å². The molecule has 2 rings (SSSR count). The molecule has 1 aliphatic rings. The number of methoxy groups -OCH3 is 1. The maximum atomic E-state index is 12.9. The summed E-state index contributed by atoms with van der Waals surface area (Å²) in [5.74, 6) is 2.25. The highest BCUT2D eigenvalue weighted by Gasteiger charge is 2.48. The predicted molar refractivity (Wildman–Crippen MR) is 84.7 cm³/mol. The average Bonchev–Trinajstić information content (AvgIpc) is 2.45. The number of benzene rings is 1. The summed E-state index contributed by atoms with van der Waals surface area (Å²) < 4.78 is 4.90. The Hall–Kier alpha value is -1.86. The number of hydrogen-bond donors (Lipinski definition) is 0. The minimum Gasteiger partial charge on any atom is -0.468 e. The van der Waals surface area contributed by atoms with Gasteiger partial charge in [0.05, 0.1) is 7.11 Å². The van der Waals surface area contributed by atoms with Crippen LogP contribution in [0.2, 0.25) is 19.6 Å². The summed E-state index contributed by atoms with van der Waals surface area (Å²) in [5, 5.41) is 0. The van der Waals surface area contributed by atoms with Gasteiger partial charge in [-0.3, -0.25) is 4.79 Å². The summed E-state index contributed by atoms with van der Waals surface area (Å²) in [6.07, 6.45) is 1.06. The first kappa shape index (κ1) is 15.5. The molecule has 0 saturated carbocycles. The molecule has 0 aliphatic heterocycles. The van der Waals surface area contributed by atoms with Crippen LogP contribution in [0.3, 0.4) is 0 Å². The fourth-order valence-electron chi connectivity index (χ4n) is 2.46. The largest absolute Gasteiger partial charge is 0.468 e. The number of hydrogen-bond acceptors (Lipinski definition) is 3. The van der Waals surface area contributed by atoms with Gasteiger partial charge >= 0.3 is 5.97 Å². The molecular weight excluding hydrogens is 280 g/mol. The highest BCUT2D eigenvalue weighted by molar-refractivity contribution is 6.83. The highest BCUT2D eigenvalue weighted by Crippen LogP contribution is 2.36. The molecule has 1 aromatic carbocycles. The third-order valence-electron chi connectivity index (χ3n) is 3.60. The molecule has 0 N–H and O–H groups in total. The van der Waals surface area contributed by atoms with Crippen LogP contribution in [0.4, 0.5) is 0 Å². The monoisotopic (exact) mass is 300 g/mol. The SMILES string of the molecule is COC(=O)C1(C#C[Si](C)(C)C)CCc2ccccc2C1=O. The van der Waals surface area contributed by atoms with Crippen LogP contribution in [-0.4, -0.2) is 26.9 Å². The summed E-state index contributed by atoms with van der Waals surface area (Å²) in [6, 6.07) is 7.42. The summed E-state index contributed by atoms with van der Waals surface area (Å²) >= 11 is 0. The summed E-state index contributed by atoms with van der Waals surface area (Å²) in [4.78, 5) is 25.2. The second-order valence-corrected chi connectivity index (χ2v) is 11.1. The zero-order valence-corrected chi connectivity index (χ0v) is 13.9. The van der Waals surface area contributed by atoms with Gasteiger partial charge in [0.25, 0.3) is 0 Å². The number of ether oxygens (including phenoxy) is 1. The molecule has 0 heterocycles. The lowest BCUT2D eigenvalue weighted by Gasteiger charge is -2.30. The summed E-state index contributed by atoms with van der Waals surface area (Å²) in [7, 11) is -0.376. The van der Waals surface area contributed by atoms with E-state index in [-0.39, 0.29) is 5.78 Å². The molecule has 21 heavy (non-hydrogen) atoms. The lowest BCUT2D eigenvalue weighted by molar-refractivity contribution is -0.147. The normalized spacial score (nSPS) is 21.0. The first-order valence-electron chi connectivity index (χ1n) is 7.06. The van der Waals surface area contributed by atoms with Gasteiger partial charge in [0.1, 0.15) is 8.07 Å². The van der Waals surface area contributed by atoms with E-state index in [0.29, 0.717) is 18.4 Å². The number of Topliss-reactive ketones (excluding diaryl/α,β-unsaturated/α-hetero) is 1. The van der Waals surface area contributed by atoms with E-state index in [1.165, 1.54) is 7.11 Å². The van der Waals surface area contributed by atoms with Crippen molar-refractivity contribution < 1.29 is 14.3 Å². The minimum absolute atomic E-state index is 0.220. The maximum absolute atomic E-state index is 12.9. The third-order valence-corrected chi connectivity index (χ3v) is 4.48. The van der Waals surface area contributed by atoms with Gasteiger partial charge in [-0.25, -0.2) is 4.79 Å². The molecule has 1 aromatic rings. The topological polar surface area (TPSA) is 43.4 Å². The van der Waals surface area contributed by atoms with Crippen molar-refractivity contribution in [1.82, 2.24) is 0 Å². The van der Waals surface area contributed by atoms with E-state index >= 15 is 0 Å². The number of carbonyl (C=O) groups is 2. The predicted octanol–water partition coefficient (Wildman–Crippen LogP) is 2.86. The van der Waals surface area contributed by atoms with Crippen LogP contribution >= 0.6 is 0 Å². The Morgan fingerprint density at radius 2 is 1.95 bits per heavy atom. The second-order valence-electron chi connectivity index (χ2n) is 6.38. The summed E-state index contributed by atoms with van der Waals surface area (Å²) in [6.45, 7) is 6.27. The molecule has 1 unspecified atom stereocenters. The van der Waals surface area contributed by atoms with E-state index in [1.54, 1.807) is 6.07 Å². The molecule has 0 bridgehead atoms. The van der Waals surface area contributed by atoms with Crippen LogP contribution in [0.1, 0.15) is 22.3 Å². The van der Waals surface area contributed by atoms with Crippen LogP contribution < -0.4 is 0 Å². The Labute approximate surface area is 126 Å². The summed E-state index contributed by atoms with van der Waals surface area (Å²) in [5.41, 5.74) is 3.43. The van der Waals surface area contributed by atoms with Gasteiger partial charge in [0, 0.05) is 5.56 Å². The Morgan fingerprint density at radius 1 is 1.29 bits per heavy atom. The molecule has 4 heteroatoms. The zero-order valence-electron chi connectivity index (χ0n) is 12.9. The first-order chi connectivity index (χ1) is 9.80. The third kappa shape index (κ3) is 2.93. The van der Waals surface area contributed by atoms with Crippen molar-refractivity contribution in [2.45, 2.75) is 32.5 Å². The van der Waals surface area contributed by atoms with Crippen molar-refractivity contribution in [2.24, 2.45) is 5.41 Å². The maximum Gasteiger partial charge on any atom is 0.332 e. The van der Waals surface area contributed by atoms with E-state index in [0.717, 1.165) is 5.56 Å². The fraction of sp³-hybridized carbons (Fsp3) is 0.412. The molecule has 0 aromatic heterocycles. The van der Waals surface area contributed by atoms with Gasteiger partial charge in [0.15, 0.2) is 11.2 Å². The standard InChI is InChI=1S/C17H20O3Si/c1-20-16(19)17(11-12-21(2,3)4)10-9-13-7-5-6-8-14(13)15(17)18/h5-8H,9-10H2,1-4H3. The molecule has 0 saturated heterocycles. The lowest BCUT2D eigenvalue weighted by Crippen LogP contribution is -2.43. The highest BCUT2D eigenvalue weighted by atomic mass is 28.3. The molecule has 0 radical (unpaired) electrons. The minimum atomic E-state index is -1.69. The van der Waals surface area contributed by atoms with Crippen LogP contribution in [-0.2, 0) is 16.0 Å². The van der Waals surface area contributed by atoms with Gasteiger partial charge in [0.2, 0.25) is 0 Å². The number of esters is 1. The Bertz CT molecular complexity index is 646. The van der Waals surface area contributed by atoms with Crippen molar-refractivity contribution in [1.29, 1.82) is 0 Å². The van der Waals surface area contributed by atoms with Gasteiger partial charge in [-0.2, -0.15) is 0 Å². The molecule has 3 nitrogen and oxygen atoms in total. The molecular formula is C17H20O3Si. The Balaban J connectivity index is 2.56. The molecule has 110 valence electrons. The smallest absolute Gasteiger partial charge is 0.332 e. The second kappa shape index (κ2) is 5.49. The van der Waals surface area contributed by atoms with E-state index in [4.69, 9.17) is 4.74 Å². The fourth-order valence-corrected chi connectivity index (χ4v) is 3.05. The van der Waals surface area contributed by atoms with Crippen molar-refractivity contribution >= 4 is 19.8 Å². The quantitative estimate of drug-likeness (QED) is 0.347. The molecule has 1 aliphatic carbocycles. The molecule has 0 amide bonds. The molecule has 1 atom stereocenters. The van der Waals surface area contributed by atoms with Crippen molar-refractivity contribution in [2.75, 3.05) is 7.11 Å². The van der Waals surface area contributed by atoms with Crippen molar-refractivity contribution in [3.05, 3.63) is 35.4 Å². The lowest BCUT2D eigenvalue weighted by atomic mass is 9.71. The number of rotatable bonds is 1. The number of ketones is 1. The van der Waals surface area contributed by atoms with Gasteiger partial charge in [-0.05, 0) is 18.4 Å². The first-order valence-corrected chi connectivity index (χ1v) is 10.6. The van der Waals surface area contributed by atoms with E-state index in [1.807, 2.05) is 18.2 Å². The van der Waals surface area contributed by atoms with Gasteiger partial charge < -0.3 is 4.74 Å². The Kier molecular flexibility index (Phi) is 4.06. The van der Waals surface area contributed by atoms with Crippen molar-refractivity contribution in [3.8, 4) is 11.5 Å².